The lowest BCUT2D eigenvalue weighted by Crippen LogP contribution is -2.63. The van der Waals surface area contributed by atoms with Crippen LogP contribution in [0.15, 0.2) is 55.1 Å². The summed E-state index contributed by atoms with van der Waals surface area (Å²) in [7, 11) is 0. The monoisotopic (exact) mass is 669 g/mol. The molecule has 0 saturated carbocycles. The van der Waals surface area contributed by atoms with E-state index in [0.717, 1.165) is 67.2 Å². The summed E-state index contributed by atoms with van der Waals surface area (Å²) >= 11 is 13.6. The average molecular weight is 671 g/mol. The number of amides is 1. The van der Waals surface area contributed by atoms with Crippen molar-refractivity contribution in [2.45, 2.75) is 56.1 Å². The van der Waals surface area contributed by atoms with E-state index in [1.165, 1.54) is 12.1 Å². The van der Waals surface area contributed by atoms with Crippen LogP contribution in [0.2, 0.25) is 10.0 Å². The molecule has 10 heteroatoms. The normalized spacial score (nSPS) is 21.5. The molecule has 0 aliphatic carbocycles. The molecule has 5 heterocycles. The minimum absolute atomic E-state index is 0.00546. The Labute approximate surface area is 283 Å². The average Bonchev–Trinajstić information content (AvgIpc) is 3.75. The Hall–Kier alpha value is -3.90. The van der Waals surface area contributed by atoms with Gasteiger partial charge in [-0.25, -0.2) is 9.37 Å². The highest BCUT2D eigenvalue weighted by Crippen LogP contribution is 2.48. The van der Waals surface area contributed by atoms with Gasteiger partial charge in [0.05, 0.1) is 51.9 Å². The number of hydrogen-bond acceptors (Lipinski definition) is 6. The van der Waals surface area contributed by atoms with Crippen LogP contribution in [0.4, 0.5) is 10.1 Å². The molecule has 4 aliphatic rings. The number of benzene rings is 3. The van der Waals surface area contributed by atoms with Gasteiger partial charge in [0.15, 0.2) is 0 Å². The van der Waals surface area contributed by atoms with Gasteiger partial charge in [0, 0.05) is 34.4 Å². The number of carbonyl (C=O) groups excluding carboxylic acids is 1. The Morgan fingerprint density at radius 2 is 1.94 bits per heavy atom. The van der Waals surface area contributed by atoms with Gasteiger partial charge >= 0.3 is 0 Å². The predicted molar refractivity (Wildman–Crippen MR) is 184 cm³/mol. The molecule has 2 atom stereocenters. The summed E-state index contributed by atoms with van der Waals surface area (Å²) in [5.74, 6) is -0.105. The van der Waals surface area contributed by atoms with Crippen molar-refractivity contribution in [1.29, 1.82) is 5.26 Å². The van der Waals surface area contributed by atoms with E-state index >= 15 is 0 Å². The summed E-state index contributed by atoms with van der Waals surface area (Å²) in [4.78, 5) is 24.4. The Bertz CT molecular complexity index is 2000. The lowest BCUT2D eigenvalue weighted by atomic mass is 9.91. The first-order valence-corrected chi connectivity index (χ1v) is 17.1. The number of fused-ring (bicyclic) bond motifs is 4. The number of rotatable bonds is 7. The minimum atomic E-state index is -0.499. The maximum absolute atomic E-state index is 14.7. The number of nitriles is 1. The van der Waals surface area contributed by atoms with E-state index in [1.807, 2.05) is 35.2 Å². The number of pyridine rings is 1. The van der Waals surface area contributed by atoms with Crippen molar-refractivity contribution in [2.24, 2.45) is 0 Å². The van der Waals surface area contributed by atoms with Gasteiger partial charge < -0.3 is 14.5 Å². The Kier molecular flexibility index (Phi) is 7.55. The van der Waals surface area contributed by atoms with Crippen molar-refractivity contribution in [3.8, 4) is 23.1 Å². The standard InChI is InChI=1S/C37H34Cl2FN5O2/c1-2-32(46)44-17-11-30-31(44)20-45(30)35-24(10-14-41)36(47-21-37-12-4-15-43(37)16-5-13-37)42-29-19-25(27(38)18-26(29)35)23-7-3-6-22-8-9-28(40)34(39)33(22)23/h2-3,6-9,18-19,30-31H,1,4-5,10-13,15-17,20-21H2/t30-,31-/m1/s1. The quantitative estimate of drug-likeness (QED) is 0.189. The number of ether oxygens (including phenoxy) is 1. The van der Waals surface area contributed by atoms with Crippen LogP contribution in [0.25, 0.3) is 32.8 Å². The van der Waals surface area contributed by atoms with Crippen molar-refractivity contribution in [1.82, 2.24) is 14.8 Å². The Morgan fingerprint density at radius 3 is 2.70 bits per heavy atom. The van der Waals surface area contributed by atoms with Gasteiger partial charge in [0.1, 0.15) is 12.4 Å². The molecular formula is C37H34Cl2FN5O2. The van der Waals surface area contributed by atoms with Crippen molar-refractivity contribution in [2.75, 3.05) is 37.7 Å². The first-order valence-electron chi connectivity index (χ1n) is 16.3. The molecule has 0 bridgehead atoms. The molecule has 0 unspecified atom stereocenters. The lowest BCUT2D eigenvalue weighted by molar-refractivity contribution is -0.127. The Morgan fingerprint density at radius 1 is 1.13 bits per heavy atom. The fourth-order valence-corrected chi connectivity index (χ4v) is 9.18. The van der Waals surface area contributed by atoms with Crippen LogP contribution >= 0.6 is 23.2 Å². The molecule has 4 aromatic rings. The molecule has 4 aliphatic heterocycles. The molecule has 1 amide bonds. The summed E-state index contributed by atoms with van der Waals surface area (Å²) in [5, 5.41) is 12.8. The van der Waals surface area contributed by atoms with Crippen LogP contribution in [0.5, 0.6) is 5.88 Å². The molecule has 4 fully saturated rings. The molecule has 8 rings (SSSR count). The highest BCUT2D eigenvalue weighted by Gasteiger charge is 2.50. The van der Waals surface area contributed by atoms with Gasteiger partial charge in [-0.15, -0.1) is 0 Å². The fourth-order valence-electron chi connectivity index (χ4n) is 8.64. The number of likely N-dealkylation sites (tertiary alicyclic amines) is 1. The predicted octanol–water partition coefficient (Wildman–Crippen LogP) is 7.55. The lowest BCUT2D eigenvalue weighted by Gasteiger charge is -2.49. The molecule has 0 N–H and O–H groups in total. The second-order valence-corrected chi connectivity index (χ2v) is 14.0. The number of halogens is 3. The molecule has 4 saturated heterocycles. The number of aromatic nitrogens is 1. The van der Waals surface area contributed by atoms with Crippen LogP contribution in [0, 0.1) is 17.1 Å². The van der Waals surface area contributed by atoms with E-state index in [2.05, 4.69) is 22.4 Å². The van der Waals surface area contributed by atoms with Crippen molar-refractivity contribution in [3.63, 3.8) is 0 Å². The molecule has 0 radical (unpaired) electrons. The van der Waals surface area contributed by atoms with Gasteiger partial charge in [0.25, 0.3) is 0 Å². The number of hydrogen-bond donors (Lipinski definition) is 0. The third-order valence-corrected chi connectivity index (χ3v) is 11.6. The van der Waals surface area contributed by atoms with Gasteiger partial charge in [-0.2, -0.15) is 5.26 Å². The second kappa shape index (κ2) is 11.7. The highest BCUT2D eigenvalue weighted by atomic mass is 35.5. The number of anilines is 1. The van der Waals surface area contributed by atoms with E-state index in [9.17, 15) is 14.4 Å². The van der Waals surface area contributed by atoms with E-state index in [0.29, 0.717) is 52.6 Å². The van der Waals surface area contributed by atoms with Crippen molar-refractivity contribution < 1.29 is 13.9 Å². The zero-order chi connectivity index (χ0) is 32.4. The number of carbonyl (C=O) groups is 1. The third kappa shape index (κ3) is 4.77. The zero-order valence-electron chi connectivity index (χ0n) is 25.9. The molecular weight excluding hydrogens is 636 g/mol. The number of nitrogens with zero attached hydrogens (tertiary/aromatic N) is 5. The van der Waals surface area contributed by atoms with E-state index in [1.54, 1.807) is 6.07 Å². The van der Waals surface area contributed by atoms with Crippen LogP contribution in [-0.2, 0) is 11.2 Å². The molecule has 3 aromatic carbocycles. The summed E-state index contributed by atoms with van der Waals surface area (Å²) < 4.78 is 21.4. The molecule has 47 heavy (non-hydrogen) atoms. The largest absolute Gasteiger partial charge is 0.475 e. The topological polar surface area (TPSA) is 72.7 Å². The second-order valence-electron chi connectivity index (χ2n) is 13.2. The third-order valence-electron chi connectivity index (χ3n) is 10.9. The molecule has 240 valence electrons. The summed E-state index contributed by atoms with van der Waals surface area (Å²) in [6.07, 6.45) is 6.77. The van der Waals surface area contributed by atoms with Gasteiger partial charge in [-0.05, 0) is 80.4 Å². The van der Waals surface area contributed by atoms with Gasteiger partial charge in [-0.3, -0.25) is 9.69 Å². The summed E-state index contributed by atoms with van der Waals surface area (Å²) in [6, 6.07) is 15.1. The maximum atomic E-state index is 14.7. The smallest absolute Gasteiger partial charge is 0.246 e. The van der Waals surface area contributed by atoms with Crippen molar-refractivity contribution >= 4 is 56.5 Å². The molecule has 0 spiro atoms. The Balaban J connectivity index is 1.29. The van der Waals surface area contributed by atoms with Gasteiger partial charge in [-0.1, -0.05) is 54.0 Å². The summed E-state index contributed by atoms with van der Waals surface area (Å²) in [5.41, 5.74) is 3.66. The molecule has 7 nitrogen and oxygen atoms in total. The van der Waals surface area contributed by atoms with Crippen LogP contribution in [0.3, 0.4) is 0 Å². The van der Waals surface area contributed by atoms with E-state index in [4.69, 9.17) is 32.9 Å². The fraction of sp³-hybridized carbons (Fsp3) is 0.378. The van der Waals surface area contributed by atoms with E-state index < -0.39 is 5.82 Å². The van der Waals surface area contributed by atoms with Crippen molar-refractivity contribution in [3.05, 3.63) is 76.5 Å². The first kappa shape index (κ1) is 30.4. The van der Waals surface area contributed by atoms with Crippen LogP contribution in [-0.4, -0.2) is 71.1 Å². The zero-order valence-corrected chi connectivity index (χ0v) is 27.5. The SMILES string of the molecule is C=CC(=O)N1CC[C@@H]2[C@H]1CN2c1c(CC#N)c(OCC23CCCN2CCC3)nc2cc(-c3cccc4ccc(F)c(Cl)c34)c(Cl)cc12. The van der Waals surface area contributed by atoms with E-state index in [-0.39, 0.29) is 35.0 Å². The summed E-state index contributed by atoms with van der Waals surface area (Å²) in [6.45, 7) is 7.64. The molecule has 1 aromatic heterocycles. The van der Waals surface area contributed by atoms with Crippen LogP contribution < -0.4 is 9.64 Å². The van der Waals surface area contributed by atoms with Gasteiger partial charge in [0.2, 0.25) is 11.8 Å². The minimum Gasteiger partial charge on any atom is -0.475 e. The first-order chi connectivity index (χ1) is 22.8. The highest BCUT2D eigenvalue weighted by molar-refractivity contribution is 6.38. The van der Waals surface area contributed by atoms with Crippen LogP contribution in [0.1, 0.15) is 37.7 Å². The maximum Gasteiger partial charge on any atom is 0.246 e.